The molecular weight excluding hydrogens is 407 g/mol. The molecule has 0 saturated carbocycles. The number of rotatable bonds is 8. The van der Waals surface area contributed by atoms with Crippen molar-refractivity contribution in [2.24, 2.45) is 5.92 Å². The van der Waals surface area contributed by atoms with Gasteiger partial charge in [0.05, 0.1) is 24.7 Å². The highest BCUT2D eigenvalue weighted by Crippen LogP contribution is 2.27. The van der Waals surface area contributed by atoms with Crippen LogP contribution < -0.4 is 10.1 Å². The number of amides is 1. The predicted molar refractivity (Wildman–Crippen MR) is 123 cm³/mol. The smallest absolute Gasteiger partial charge is 0.224 e. The molecule has 3 aromatic rings. The zero-order valence-electron chi connectivity index (χ0n) is 18.3. The second kappa shape index (κ2) is 10.4. The van der Waals surface area contributed by atoms with Gasteiger partial charge in [0.15, 0.2) is 0 Å². The van der Waals surface area contributed by atoms with Crippen LogP contribution in [0.2, 0.25) is 0 Å². The largest absolute Gasteiger partial charge is 0.497 e. The van der Waals surface area contributed by atoms with Gasteiger partial charge in [-0.05, 0) is 68.1 Å². The van der Waals surface area contributed by atoms with Gasteiger partial charge in [-0.3, -0.25) is 14.8 Å². The van der Waals surface area contributed by atoms with Gasteiger partial charge in [0.2, 0.25) is 5.91 Å². The SMILES string of the molecule is COc1ccc(-c2[nH]ncc2CN2CCCC(CCC(=O)Nc3ccccc3F)C2)cc1. The van der Waals surface area contributed by atoms with Gasteiger partial charge in [-0.1, -0.05) is 12.1 Å². The van der Waals surface area contributed by atoms with Crippen molar-refractivity contribution in [3.05, 3.63) is 66.1 Å². The Morgan fingerprint density at radius 3 is 2.84 bits per heavy atom. The first kappa shape index (κ1) is 22.0. The second-order valence-electron chi connectivity index (χ2n) is 8.31. The van der Waals surface area contributed by atoms with E-state index in [4.69, 9.17) is 4.74 Å². The molecule has 6 nitrogen and oxygen atoms in total. The van der Waals surface area contributed by atoms with E-state index in [1.54, 1.807) is 25.3 Å². The number of piperidine rings is 1. The van der Waals surface area contributed by atoms with Gasteiger partial charge < -0.3 is 10.1 Å². The summed E-state index contributed by atoms with van der Waals surface area (Å²) in [6, 6.07) is 14.2. The molecule has 1 unspecified atom stereocenters. The van der Waals surface area contributed by atoms with E-state index in [2.05, 4.69) is 20.4 Å². The molecule has 1 fully saturated rings. The highest BCUT2D eigenvalue weighted by Gasteiger charge is 2.22. The summed E-state index contributed by atoms with van der Waals surface area (Å²) in [5.74, 6) is 0.737. The van der Waals surface area contributed by atoms with Gasteiger partial charge in [-0.15, -0.1) is 0 Å². The lowest BCUT2D eigenvalue weighted by Crippen LogP contribution is -2.35. The van der Waals surface area contributed by atoms with E-state index in [-0.39, 0.29) is 11.6 Å². The molecule has 1 amide bonds. The molecule has 168 valence electrons. The molecule has 0 radical (unpaired) electrons. The number of halogens is 1. The number of benzene rings is 2. The number of ether oxygens (including phenoxy) is 1. The van der Waals surface area contributed by atoms with Crippen LogP contribution >= 0.6 is 0 Å². The maximum Gasteiger partial charge on any atom is 0.224 e. The molecular formula is C25H29FN4O2. The Hall–Kier alpha value is -3.19. The normalized spacial score (nSPS) is 16.6. The molecule has 2 heterocycles. The molecule has 7 heteroatoms. The third-order valence-corrected chi connectivity index (χ3v) is 6.02. The van der Waals surface area contributed by atoms with Crippen LogP contribution in [0.5, 0.6) is 5.75 Å². The van der Waals surface area contributed by atoms with Crippen molar-refractivity contribution in [1.29, 1.82) is 0 Å². The molecule has 2 N–H and O–H groups in total. The molecule has 0 spiro atoms. The monoisotopic (exact) mass is 436 g/mol. The fourth-order valence-electron chi connectivity index (χ4n) is 4.32. The van der Waals surface area contributed by atoms with Gasteiger partial charge in [-0.2, -0.15) is 5.10 Å². The third kappa shape index (κ3) is 5.53. The van der Waals surface area contributed by atoms with Crippen LogP contribution in [0.15, 0.2) is 54.7 Å². The number of hydrogen-bond acceptors (Lipinski definition) is 4. The van der Waals surface area contributed by atoms with Crippen LogP contribution in [0.25, 0.3) is 11.3 Å². The topological polar surface area (TPSA) is 70.2 Å². The third-order valence-electron chi connectivity index (χ3n) is 6.02. The first-order chi connectivity index (χ1) is 15.6. The maximum absolute atomic E-state index is 13.7. The number of methoxy groups -OCH3 is 1. The summed E-state index contributed by atoms with van der Waals surface area (Å²) in [7, 11) is 1.66. The molecule has 0 aliphatic carbocycles. The first-order valence-electron chi connectivity index (χ1n) is 11.1. The van der Waals surface area contributed by atoms with Crippen molar-refractivity contribution in [1.82, 2.24) is 15.1 Å². The van der Waals surface area contributed by atoms with Crippen LogP contribution in [-0.2, 0) is 11.3 Å². The molecule has 32 heavy (non-hydrogen) atoms. The van der Waals surface area contributed by atoms with E-state index in [9.17, 15) is 9.18 Å². The van der Waals surface area contributed by atoms with E-state index in [1.807, 2.05) is 30.5 Å². The van der Waals surface area contributed by atoms with Gasteiger partial charge in [-0.25, -0.2) is 4.39 Å². The van der Waals surface area contributed by atoms with Crippen molar-refractivity contribution in [2.75, 3.05) is 25.5 Å². The van der Waals surface area contributed by atoms with Gasteiger partial charge >= 0.3 is 0 Å². The van der Waals surface area contributed by atoms with E-state index < -0.39 is 5.82 Å². The quantitative estimate of drug-likeness (QED) is 0.529. The molecule has 1 aromatic heterocycles. The molecule has 0 bridgehead atoms. The molecule has 1 atom stereocenters. The fraction of sp³-hybridized carbons (Fsp3) is 0.360. The minimum atomic E-state index is -0.405. The number of nitrogens with zero attached hydrogens (tertiary/aromatic N) is 2. The summed E-state index contributed by atoms with van der Waals surface area (Å²) in [4.78, 5) is 14.7. The number of nitrogens with one attached hydrogen (secondary N) is 2. The Labute approximate surface area is 187 Å². The van der Waals surface area contributed by atoms with E-state index >= 15 is 0 Å². The Kier molecular flexibility index (Phi) is 7.17. The van der Waals surface area contributed by atoms with Gasteiger partial charge in [0, 0.05) is 30.6 Å². The number of carbonyl (C=O) groups excluding carboxylic acids is 1. The van der Waals surface area contributed by atoms with Crippen molar-refractivity contribution >= 4 is 11.6 Å². The Balaban J connectivity index is 1.30. The zero-order chi connectivity index (χ0) is 22.3. The molecule has 4 rings (SSSR count). The standard InChI is InChI=1S/C25H29FN4O2/c1-32-21-11-9-19(10-12-21)25-20(15-27-29-25)17-30-14-4-5-18(16-30)8-13-24(31)28-23-7-3-2-6-22(23)26/h2-3,6-7,9-12,15,18H,4-5,8,13-14,16-17H2,1H3,(H,27,29)(H,28,31). The summed E-state index contributed by atoms with van der Waals surface area (Å²) in [5, 5.41) is 10.1. The maximum atomic E-state index is 13.7. The lowest BCUT2D eigenvalue weighted by atomic mass is 9.93. The molecule has 2 aromatic carbocycles. The van der Waals surface area contributed by atoms with Crippen molar-refractivity contribution < 1.29 is 13.9 Å². The van der Waals surface area contributed by atoms with Crippen molar-refractivity contribution in [3.8, 4) is 17.0 Å². The highest BCUT2D eigenvalue weighted by molar-refractivity contribution is 5.90. The highest BCUT2D eigenvalue weighted by atomic mass is 19.1. The average Bonchev–Trinajstić information content (AvgIpc) is 3.27. The van der Waals surface area contributed by atoms with Gasteiger partial charge in [0.1, 0.15) is 11.6 Å². The first-order valence-corrected chi connectivity index (χ1v) is 11.1. The number of para-hydroxylation sites is 1. The molecule has 1 aliphatic rings. The lowest BCUT2D eigenvalue weighted by Gasteiger charge is -2.32. The van der Waals surface area contributed by atoms with E-state index in [1.165, 1.54) is 6.07 Å². The summed E-state index contributed by atoms with van der Waals surface area (Å²) in [5.41, 5.74) is 3.51. The average molecular weight is 437 g/mol. The minimum absolute atomic E-state index is 0.135. The number of hydrogen-bond donors (Lipinski definition) is 2. The van der Waals surface area contributed by atoms with Crippen molar-refractivity contribution in [3.63, 3.8) is 0 Å². The van der Waals surface area contributed by atoms with E-state index in [0.717, 1.165) is 61.5 Å². The predicted octanol–water partition coefficient (Wildman–Crippen LogP) is 4.86. The Bertz CT molecular complexity index is 1030. The minimum Gasteiger partial charge on any atom is -0.497 e. The summed E-state index contributed by atoms with van der Waals surface area (Å²) in [6.45, 7) is 2.79. The van der Waals surface area contributed by atoms with Gasteiger partial charge in [0.25, 0.3) is 0 Å². The van der Waals surface area contributed by atoms with Crippen LogP contribution in [0.4, 0.5) is 10.1 Å². The summed E-state index contributed by atoms with van der Waals surface area (Å²) >= 11 is 0. The van der Waals surface area contributed by atoms with Crippen LogP contribution in [0.3, 0.4) is 0 Å². The number of H-pyrrole nitrogens is 1. The lowest BCUT2D eigenvalue weighted by molar-refractivity contribution is -0.116. The van der Waals surface area contributed by atoms with Crippen LogP contribution in [0, 0.1) is 11.7 Å². The molecule has 1 saturated heterocycles. The van der Waals surface area contributed by atoms with Crippen molar-refractivity contribution in [2.45, 2.75) is 32.2 Å². The van der Waals surface area contributed by atoms with Crippen LogP contribution in [-0.4, -0.2) is 41.2 Å². The fourth-order valence-corrected chi connectivity index (χ4v) is 4.32. The number of likely N-dealkylation sites (tertiary alicyclic amines) is 1. The Morgan fingerprint density at radius 2 is 2.06 bits per heavy atom. The number of carbonyl (C=O) groups is 1. The number of aromatic amines is 1. The number of anilines is 1. The Morgan fingerprint density at radius 1 is 1.25 bits per heavy atom. The zero-order valence-corrected chi connectivity index (χ0v) is 18.3. The second-order valence-corrected chi connectivity index (χ2v) is 8.31. The number of aromatic nitrogens is 2. The molecule has 1 aliphatic heterocycles. The summed E-state index contributed by atoms with van der Waals surface area (Å²) < 4.78 is 19.0. The van der Waals surface area contributed by atoms with Crippen LogP contribution in [0.1, 0.15) is 31.2 Å². The van der Waals surface area contributed by atoms with E-state index in [0.29, 0.717) is 12.3 Å². The summed E-state index contributed by atoms with van der Waals surface area (Å²) in [6.07, 6.45) is 5.31.